The maximum Gasteiger partial charge on any atom is 0.337 e. The summed E-state index contributed by atoms with van der Waals surface area (Å²) >= 11 is 0. The molecule has 2 aromatic rings. The van der Waals surface area contributed by atoms with Gasteiger partial charge < -0.3 is 10.1 Å². The summed E-state index contributed by atoms with van der Waals surface area (Å²) in [5, 5.41) is 12.0. The van der Waals surface area contributed by atoms with E-state index in [9.17, 15) is 9.59 Å². The summed E-state index contributed by atoms with van der Waals surface area (Å²) in [6.45, 7) is 3.67. The molecule has 2 amide bonds. The number of hydrogen-bond acceptors (Lipinski definition) is 4. The maximum atomic E-state index is 12.8. The number of carbonyl (C=O) groups is 2. The first-order valence-electron chi connectivity index (χ1n) is 8.42. The molecule has 0 aromatic heterocycles. The molecule has 0 saturated heterocycles. The third kappa shape index (κ3) is 3.40. The fourth-order valence-corrected chi connectivity index (χ4v) is 3.16. The van der Waals surface area contributed by atoms with Gasteiger partial charge in [-0.15, -0.1) is 0 Å². The number of nitrogens with zero attached hydrogens (tertiary/aromatic N) is 2. The molecule has 0 bridgehead atoms. The largest absolute Gasteiger partial charge is 0.466 e. The number of nitriles is 1. The molecule has 1 N–H and O–H groups in total. The predicted octanol–water partition coefficient (Wildman–Crippen LogP) is 3.58. The number of benzene rings is 2. The Balaban J connectivity index is 2.14. The molecule has 1 atom stereocenters. The van der Waals surface area contributed by atoms with E-state index in [1.165, 1.54) is 12.0 Å². The number of esters is 1. The summed E-state index contributed by atoms with van der Waals surface area (Å²) in [4.78, 5) is 26.8. The second-order valence-electron chi connectivity index (χ2n) is 6.28. The number of amides is 2. The number of urea groups is 1. The summed E-state index contributed by atoms with van der Waals surface area (Å²) in [5.41, 5.74) is 3.63. The number of rotatable bonds is 3. The van der Waals surface area contributed by atoms with Crippen LogP contribution in [-0.2, 0) is 9.53 Å². The molecule has 6 nitrogen and oxygen atoms in total. The number of aryl methyl sites for hydroxylation is 1. The topological polar surface area (TPSA) is 82.4 Å². The molecule has 0 spiro atoms. The molecule has 0 fully saturated rings. The van der Waals surface area contributed by atoms with Gasteiger partial charge in [0.05, 0.1) is 36.0 Å². The molecule has 0 unspecified atom stereocenters. The van der Waals surface area contributed by atoms with Gasteiger partial charge in [0.25, 0.3) is 0 Å². The Hall–Kier alpha value is -3.59. The predicted molar refractivity (Wildman–Crippen MR) is 101 cm³/mol. The van der Waals surface area contributed by atoms with Crippen LogP contribution < -0.4 is 10.2 Å². The van der Waals surface area contributed by atoms with Gasteiger partial charge in [-0.2, -0.15) is 5.26 Å². The standard InChI is InChI=1S/C21H19N3O3/c1-13-7-9-17(10-8-13)24-14(2)18(20(25)27-3)19(23-21(24)26)16-6-4-5-15(11-16)12-22/h4-11,19H,1-3H3,(H,23,26)/t19-/m0/s1. The molecular weight excluding hydrogens is 342 g/mol. The quantitative estimate of drug-likeness (QED) is 0.847. The highest BCUT2D eigenvalue weighted by molar-refractivity contribution is 6.03. The fourth-order valence-electron chi connectivity index (χ4n) is 3.16. The molecular formula is C21H19N3O3. The average molecular weight is 361 g/mol. The van der Waals surface area contributed by atoms with Crippen molar-refractivity contribution < 1.29 is 14.3 Å². The van der Waals surface area contributed by atoms with Crippen LogP contribution in [0.4, 0.5) is 10.5 Å². The second-order valence-corrected chi connectivity index (χ2v) is 6.28. The molecule has 0 radical (unpaired) electrons. The van der Waals surface area contributed by atoms with Crippen LogP contribution in [0.1, 0.15) is 29.7 Å². The summed E-state index contributed by atoms with van der Waals surface area (Å²) in [6, 6.07) is 15.3. The zero-order valence-corrected chi connectivity index (χ0v) is 15.3. The van der Waals surface area contributed by atoms with Crippen molar-refractivity contribution in [3.05, 3.63) is 76.5 Å². The van der Waals surface area contributed by atoms with E-state index in [0.29, 0.717) is 28.1 Å². The van der Waals surface area contributed by atoms with Gasteiger partial charge in [0, 0.05) is 5.70 Å². The van der Waals surface area contributed by atoms with E-state index < -0.39 is 12.0 Å². The summed E-state index contributed by atoms with van der Waals surface area (Å²) in [7, 11) is 1.30. The lowest BCUT2D eigenvalue weighted by molar-refractivity contribution is -0.136. The minimum Gasteiger partial charge on any atom is -0.466 e. The third-order valence-electron chi connectivity index (χ3n) is 4.53. The normalized spacial score (nSPS) is 16.6. The van der Waals surface area contributed by atoms with Crippen molar-refractivity contribution in [1.29, 1.82) is 5.26 Å². The van der Waals surface area contributed by atoms with Gasteiger partial charge in [-0.3, -0.25) is 4.90 Å². The zero-order chi connectivity index (χ0) is 19.6. The molecule has 136 valence electrons. The Morgan fingerprint density at radius 1 is 1.19 bits per heavy atom. The van der Waals surface area contributed by atoms with Crippen LogP contribution in [0.3, 0.4) is 0 Å². The molecule has 1 heterocycles. The van der Waals surface area contributed by atoms with Gasteiger partial charge in [-0.1, -0.05) is 29.8 Å². The monoisotopic (exact) mass is 361 g/mol. The Morgan fingerprint density at radius 3 is 2.52 bits per heavy atom. The van der Waals surface area contributed by atoms with Crippen LogP contribution >= 0.6 is 0 Å². The van der Waals surface area contributed by atoms with Gasteiger partial charge in [0.2, 0.25) is 0 Å². The van der Waals surface area contributed by atoms with E-state index in [4.69, 9.17) is 10.00 Å². The second kappa shape index (κ2) is 7.34. The van der Waals surface area contributed by atoms with Gasteiger partial charge in [-0.05, 0) is 43.7 Å². The SMILES string of the molecule is COC(=O)C1=C(C)N(c2ccc(C)cc2)C(=O)N[C@H]1c1cccc(C#N)c1. The molecule has 0 saturated carbocycles. The molecule has 27 heavy (non-hydrogen) atoms. The van der Waals surface area contributed by atoms with Crippen molar-refractivity contribution in [3.63, 3.8) is 0 Å². The van der Waals surface area contributed by atoms with Crippen LogP contribution in [0.2, 0.25) is 0 Å². The summed E-state index contributed by atoms with van der Waals surface area (Å²) in [5.74, 6) is -0.531. The smallest absolute Gasteiger partial charge is 0.337 e. The van der Waals surface area contributed by atoms with E-state index in [0.717, 1.165) is 5.56 Å². The van der Waals surface area contributed by atoms with Crippen molar-refractivity contribution in [3.8, 4) is 6.07 Å². The molecule has 1 aliphatic rings. The highest BCUT2D eigenvalue weighted by Gasteiger charge is 2.37. The number of anilines is 1. The van der Waals surface area contributed by atoms with Crippen molar-refractivity contribution in [2.75, 3.05) is 12.0 Å². The fraction of sp³-hybridized carbons (Fsp3) is 0.190. The Kier molecular flexibility index (Phi) is 4.95. The highest BCUT2D eigenvalue weighted by Crippen LogP contribution is 2.34. The van der Waals surface area contributed by atoms with Gasteiger partial charge >= 0.3 is 12.0 Å². The van der Waals surface area contributed by atoms with Crippen molar-refractivity contribution in [2.45, 2.75) is 19.9 Å². The van der Waals surface area contributed by atoms with E-state index in [1.807, 2.05) is 31.2 Å². The Labute approximate surface area is 157 Å². The lowest BCUT2D eigenvalue weighted by atomic mass is 9.93. The van der Waals surface area contributed by atoms with Crippen LogP contribution in [0.25, 0.3) is 0 Å². The lowest BCUT2D eigenvalue weighted by Crippen LogP contribution is -2.48. The van der Waals surface area contributed by atoms with Crippen molar-refractivity contribution >= 4 is 17.7 Å². The van der Waals surface area contributed by atoms with Gasteiger partial charge in [0.1, 0.15) is 0 Å². The van der Waals surface area contributed by atoms with Gasteiger partial charge in [0.15, 0.2) is 0 Å². The highest BCUT2D eigenvalue weighted by atomic mass is 16.5. The molecule has 3 rings (SSSR count). The Morgan fingerprint density at radius 2 is 1.89 bits per heavy atom. The first kappa shape index (κ1) is 18.2. The number of nitrogens with one attached hydrogen (secondary N) is 1. The van der Waals surface area contributed by atoms with E-state index in [1.54, 1.807) is 31.2 Å². The van der Waals surface area contributed by atoms with E-state index >= 15 is 0 Å². The van der Waals surface area contributed by atoms with Crippen LogP contribution in [0.5, 0.6) is 0 Å². The molecule has 0 aliphatic carbocycles. The average Bonchev–Trinajstić information content (AvgIpc) is 2.68. The lowest BCUT2D eigenvalue weighted by Gasteiger charge is -2.35. The zero-order valence-electron chi connectivity index (χ0n) is 15.3. The number of carbonyl (C=O) groups excluding carboxylic acids is 2. The summed E-state index contributed by atoms with van der Waals surface area (Å²) in [6.07, 6.45) is 0. The summed E-state index contributed by atoms with van der Waals surface area (Å²) < 4.78 is 4.97. The first-order chi connectivity index (χ1) is 13.0. The van der Waals surface area contributed by atoms with Crippen LogP contribution in [0, 0.1) is 18.3 Å². The number of allylic oxidation sites excluding steroid dienone is 1. The number of hydrogen-bond donors (Lipinski definition) is 1. The minimum absolute atomic E-state index is 0.327. The van der Waals surface area contributed by atoms with Crippen LogP contribution in [0.15, 0.2) is 59.8 Å². The number of ether oxygens (including phenoxy) is 1. The third-order valence-corrected chi connectivity index (χ3v) is 4.53. The Bertz CT molecular complexity index is 971. The van der Waals surface area contributed by atoms with Crippen molar-refractivity contribution in [1.82, 2.24) is 5.32 Å². The van der Waals surface area contributed by atoms with E-state index in [-0.39, 0.29) is 6.03 Å². The molecule has 6 heteroatoms. The number of methoxy groups -OCH3 is 1. The first-order valence-corrected chi connectivity index (χ1v) is 8.42. The van der Waals surface area contributed by atoms with E-state index in [2.05, 4.69) is 11.4 Å². The van der Waals surface area contributed by atoms with Gasteiger partial charge in [-0.25, -0.2) is 9.59 Å². The van der Waals surface area contributed by atoms with Crippen molar-refractivity contribution in [2.24, 2.45) is 0 Å². The minimum atomic E-state index is -0.694. The molecule has 2 aromatic carbocycles. The van der Waals surface area contributed by atoms with Crippen LogP contribution in [-0.4, -0.2) is 19.1 Å². The molecule has 1 aliphatic heterocycles. The maximum absolute atomic E-state index is 12.8.